The fourth-order valence-corrected chi connectivity index (χ4v) is 3.23. The van der Waals surface area contributed by atoms with Gasteiger partial charge in [-0.25, -0.2) is 0 Å². The Morgan fingerprint density at radius 1 is 1.33 bits per heavy atom. The van der Waals surface area contributed by atoms with Crippen molar-refractivity contribution in [2.75, 3.05) is 38.7 Å². The van der Waals surface area contributed by atoms with Crippen LogP contribution in [0.1, 0.15) is 23.2 Å². The van der Waals surface area contributed by atoms with Gasteiger partial charge in [0.05, 0.1) is 18.4 Å². The summed E-state index contributed by atoms with van der Waals surface area (Å²) in [5.41, 5.74) is -0.306. The lowest BCUT2D eigenvalue weighted by molar-refractivity contribution is -0.127. The van der Waals surface area contributed by atoms with Gasteiger partial charge in [-0.3, -0.25) is 14.3 Å². The topological polar surface area (TPSA) is 102 Å². The van der Waals surface area contributed by atoms with E-state index in [1.165, 1.54) is 12.5 Å². The van der Waals surface area contributed by atoms with Gasteiger partial charge in [0.1, 0.15) is 17.6 Å². The summed E-state index contributed by atoms with van der Waals surface area (Å²) in [6, 6.07) is 3.47. The molecule has 2 amide bonds. The Bertz CT molecular complexity index is 763. The molecule has 27 heavy (non-hydrogen) atoms. The number of amides is 2. The molecule has 0 radical (unpaired) electrons. The maximum Gasteiger partial charge on any atom is 0.257 e. The molecule has 3 heterocycles. The van der Waals surface area contributed by atoms with Gasteiger partial charge in [0, 0.05) is 46.1 Å². The highest BCUT2D eigenvalue weighted by Crippen LogP contribution is 2.28. The average molecular weight is 375 g/mol. The number of nitrogens with zero attached hydrogens (tertiary/aromatic N) is 3. The van der Waals surface area contributed by atoms with Crippen LogP contribution >= 0.6 is 0 Å². The van der Waals surface area contributed by atoms with Crippen LogP contribution in [0.2, 0.25) is 0 Å². The zero-order valence-corrected chi connectivity index (χ0v) is 15.6. The van der Waals surface area contributed by atoms with Crippen molar-refractivity contribution >= 4 is 17.6 Å². The van der Waals surface area contributed by atoms with Gasteiger partial charge in [-0.15, -0.1) is 0 Å². The first-order chi connectivity index (χ1) is 13.0. The van der Waals surface area contributed by atoms with Crippen molar-refractivity contribution in [3.05, 3.63) is 36.4 Å². The molecule has 0 unspecified atom stereocenters. The number of ether oxygens (including phenoxy) is 1. The van der Waals surface area contributed by atoms with E-state index in [9.17, 15) is 9.59 Å². The highest BCUT2D eigenvalue weighted by atomic mass is 16.5. The van der Waals surface area contributed by atoms with Gasteiger partial charge in [0.25, 0.3) is 5.91 Å². The number of hydrogen-bond donors (Lipinski definition) is 2. The van der Waals surface area contributed by atoms with Gasteiger partial charge in [-0.1, -0.05) is 0 Å². The van der Waals surface area contributed by atoms with E-state index in [2.05, 4.69) is 15.7 Å². The Morgan fingerprint density at radius 2 is 2.11 bits per heavy atom. The molecule has 2 aromatic rings. The van der Waals surface area contributed by atoms with Gasteiger partial charge >= 0.3 is 0 Å². The lowest BCUT2D eigenvalue weighted by Gasteiger charge is -2.41. The van der Waals surface area contributed by atoms with Crippen LogP contribution in [0.25, 0.3) is 0 Å². The lowest BCUT2D eigenvalue weighted by atomic mass is 9.86. The molecule has 146 valence electrons. The molecular weight excluding hydrogens is 350 g/mol. The van der Waals surface area contributed by atoms with E-state index in [1.807, 2.05) is 19.3 Å². The van der Waals surface area contributed by atoms with Gasteiger partial charge in [0.15, 0.2) is 0 Å². The number of hydrogen-bond acceptors (Lipinski definition) is 6. The molecule has 1 fully saturated rings. The molecule has 0 aromatic carbocycles. The van der Waals surface area contributed by atoms with Crippen LogP contribution in [0.5, 0.6) is 0 Å². The minimum absolute atomic E-state index is 0.0880. The number of carbonyl (C=O) groups excluding carboxylic acids is 2. The summed E-state index contributed by atoms with van der Waals surface area (Å²) >= 11 is 0. The van der Waals surface area contributed by atoms with Crippen LogP contribution in [0.4, 0.5) is 5.82 Å². The number of furan rings is 1. The van der Waals surface area contributed by atoms with E-state index in [0.29, 0.717) is 50.5 Å². The van der Waals surface area contributed by atoms with Crippen LogP contribution in [0, 0.1) is 0 Å². The molecule has 0 spiro atoms. The molecule has 2 N–H and O–H groups in total. The molecule has 0 bridgehead atoms. The van der Waals surface area contributed by atoms with E-state index in [4.69, 9.17) is 9.15 Å². The quantitative estimate of drug-likeness (QED) is 0.696. The highest BCUT2D eigenvalue weighted by Gasteiger charge is 2.42. The van der Waals surface area contributed by atoms with Gasteiger partial charge in [0.2, 0.25) is 5.91 Å². The minimum atomic E-state index is -0.824. The van der Waals surface area contributed by atoms with Crippen molar-refractivity contribution < 1.29 is 18.7 Å². The SMILES string of the molecule is COCCNC(=O)C1(Nc2ccn(C)n2)CCN(C(=O)c2ccoc2)CC1. The monoisotopic (exact) mass is 375 g/mol. The van der Waals surface area contributed by atoms with E-state index < -0.39 is 5.54 Å². The average Bonchev–Trinajstić information content (AvgIpc) is 3.34. The summed E-state index contributed by atoms with van der Waals surface area (Å²) < 4.78 is 11.7. The molecule has 0 saturated carbocycles. The zero-order chi connectivity index (χ0) is 19.3. The van der Waals surface area contributed by atoms with Crippen molar-refractivity contribution in [1.29, 1.82) is 0 Å². The first-order valence-electron chi connectivity index (χ1n) is 8.91. The summed E-state index contributed by atoms with van der Waals surface area (Å²) in [7, 11) is 3.41. The molecule has 1 aliphatic rings. The smallest absolute Gasteiger partial charge is 0.257 e. The van der Waals surface area contributed by atoms with Crippen LogP contribution in [0.15, 0.2) is 35.3 Å². The Labute approximate surface area is 157 Å². The van der Waals surface area contributed by atoms with Crippen molar-refractivity contribution in [1.82, 2.24) is 20.0 Å². The lowest BCUT2D eigenvalue weighted by Crippen LogP contribution is -2.59. The van der Waals surface area contributed by atoms with Crippen molar-refractivity contribution in [3.8, 4) is 0 Å². The van der Waals surface area contributed by atoms with Crippen molar-refractivity contribution in [2.45, 2.75) is 18.4 Å². The second-order valence-electron chi connectivity index (χ2n) is 6.63. The number of piperidine rings is 1. The van der Waals surface area contributed by atoms with E-state index >= 15 is 0 Å². The predicted molar refractivity (Wildman–Crippen MR) is 98.3 cm³/mol. The van der Waals surface area contributed by atoms with E-state index in [-0.39, 0.29) is 11.8 Å². The van der Waals surface area contributed by atoms with Crippen LogP contribution < -0.4 is 10.6 Å². The van der Waals surface area contributed by atoms with Gasteiger partial charge < -0.3 is 24.7 Å². The Balaban J connectivity index is 1.71. The number of rotatable bonds is 7. The molecule has 1 aliphatic heterocycles. The fourth-order valence-electron chi connectivity index (χ4n) is 3.23. The molecule has 1 saturated heterocycles. The third kappa shape index (κ3) is 4.30. The Hall–Kier alpha value is -2.81. The third-order valence-electron chi connectivity index (χ3n) is 4.78. The van der Waals surface area contributed by atoms with E-state index in [1.54, 1.807) is 22.8 Å². The minimum Gasteiger partial charge on any atom is -0.472 e. The van der Waals surface area contributed by atoms with Crippen molar-refractivity contribution in [3.63, 3.8) is 0 Å². The molecule has 2 aromatic heterocycles. The Kier molecular flexibility index (Phi) is 5.80. The maximum absolute atomic E-state index is 12.9. The molecule has 0 aliphatic carbocycles. The van der Waals surface area contributed by atoms with Crippen LogP contribution in [-0.2, 0) is 16.6 Å². The van der Waals surface area contributed by atoms with Gasteiger partial charge in [-0.2, -0.15) is 5.10 Å². The number of methoxy groups -OCH3 is 1. The second-order valence-corrected chi connectivity index (χ2v) is 6.63. The summed E-state index contributed by atoms with van der Waals surface area (Å²) in [4.78, 5) is 27.2. The Morgan fingerprint density at radius 3 is 2.70 bits per heavy atom. The molecule has 9 heteroatoms. The number of carbonyl (C=O) groups is 2. The molecular formula is C18H25N5O4. The normalized spacial score (nSPS) is 16.1. The van der Waals surface area contributed by atoms with Crippen LogP contribution in [-0.4, -0.2) is 65.4 Å². The maximum atomic E-state index is 12.9. The predicted octanol–water partition coefficient (Wildman–Crippen LogP) is 0.863. The first-order valence-corrected chi connectivity index (χ1v) is 8.91. The molecule has 0 atom stereocenters. The number of likely N-dealkylation sites (tertiary alicyclic amines) is 1. The summed E-state index contributed by atoms with van der Waals surface area (Å²) in [5.74, 6) is 0.435. The van der Waals surface area contributed by atoms with E-state index in [0.717, 1.165) is 0 Å². The number of aromatic nitrogens is 2. The molecule has 3 rings (SSSR count). The van der Waals surface area contributed by atoms with Gasteiger partial charge in [-0.05, 0) is 18.9 Å². The summed E-state index contributed by atoms with van der Waals surface area (Å²) in [6.07, 6.45) is 5.69. The number of aryl methyl sites for hydroxylation is 1. The van der Waals surface area contributed by atoms with Crippen LogP contribution in [0.3, 0.4) is 0 Å². The standard InChI is InChI=1S/C18H25N5O4/c1-22-8-3-15(21-22)20-18(17(25)19-7-12-26-2)5-9-23(10-6-18)16(24)14-4-11-27-13-14/h3-4,8,11,13H,5-7,9-10,12H2,1-2H3,(H,19,25)(H,20,21). The third-order valence-corrected chi connectivity index (χ3v) is 4.78. The summed E-state index contributed by atoms with van der Waals surface area (Å²) in [6.45, 7) is 1.79. The first kappa shape index (κ1) is 19.0. The van der Waals surface area contributed by atoms with Crippen molar-refractivity contribution in [2.24, 2.45) is 7.05 Å². The fraction of sp³-hybridized carbons (Fsp3) is 0.500. The summed E-state index contributed by atoms with van der Waals surface area (Å²) in [5, 5.41) is 10.5. The second kappa shape index (κ2) is 8.26. The highest BCUT2D eigenvalue weighted by molar-refractivity contribution is 5.94. The number of anilines is 1. The molecule has 9 nitrogen and oxygen atoms in total. The number of nitrogens with one attached hydrogen (secondary N) is 2. The largest absolute Gasteiger partial charge is 0.472 e. The zero-order valence-electron chi connectivity index (χ0n) is 15.6.